The molecule has 0 saturated carbocycles. The van der Waals surface area contributed by atoms with Crippen molar-refractivity contribution in [2.45, 2.75) is 92.4 Å². The van der Waals surface area contributed by atoms with Gasteiger partial charge in [0.25, 0.3) is 0 Å². The van der Waals surface area contributed by atoms with E-state index in [9.17, 15) is 9.59 Å². The lowest BCUT2D eigenvalue weighted by Crippen LogP contribution is -2.44. The molecule has 2 unspecified atom stereocenters. The van der Waals surface area contributed by atoms with Crippen molar-refractivity contribution in [2.24, 2.45) is 11.8 Å². The predicted octanol–water partition coefficient (Wildman–Crippen LogP) is 2.86. The average molecular weight is 359 g/mol. The fourth-order valence-electron chi connectivity index (χ4n) is 2.56. The molecule has 0 radical (unpaired) electrons. The van der Waals surface area contributed by atoms with Crippen molar-refractivity contribution in [1.82, 2.24) is 10.6 Å². The second-order valence-electron chi connectivity index (χ2n) is 8.05. The minimum atomic E-state index is -0.390. The van der Waals surface area contributed by atoms with E-state index in [0.717, 1.165) is 0 Å². The Morgan fingerprint density at radius 1 is 0.680 bits per heavy atom. The highest BCUT2D eigenvalue weighted by Gasteiger charge is 2.24. The van der Waals surface area contributed by atoms with Gasteiger partial charge in [0.05, 0.1) is 0 Å². The van der Waals surface area contributed by atoms with Crippen LogP contribution in [-0.2, 0) is 19.1 Å². The number of hydrogen-bond acceptors (Lipinski definition) is 6. The first kappa shape index (κ1) is 23.9. The van der Waals surface area contributed by atoms with E-state index in [1.165, 1.54) is 0 Å². The topological polar surface area (TPSA) is 76.7 Å². The fourth-order valence-corrected chi connectivity index (χ4v) is 2.56. The average Bonchev–Trinajstić information content (AvgIpc) is 2.43. The molecule has 0 spiro atoms. The molecule has 0 aromatic rings. The van der Waals surface area contributed by atoms with Crippen LogP contribution in [0.15, 0.2) is 0 Å². The van der Waals surface area contributed by atoms with Crippen LogP contribution in [0.25, 0.3) is 0 Å². The van der Waals surface area contributed by atoms with Crippen LogP contribution in [0.1, 0.15) is 68.2 Å². The van der Waals surface area contributed by atoms with Crippen molar-refractivity contribution in [2.75, 3.05) is 6.79 Å². The minimum Gasteiger partial charge on any atom is -0.427 e. The molecule has 0 bridgehead atoms. The Hall–Kier alpha value is -1.14. The molecule has 0 aliphatic heterocycles. The van der Waals surface area contributed by atoms with Crippen LogP contribution in [0.4, 0.5) is 0 Å². The van der Waals surface area contributed by atoms with E-state index in [1.807, 2.05) is 27.7 Å². The van der Waals surface area contributed by atoms with E-state index >= 15 is 0 Å². The first-order valence-electron chi connectivity index (χ1n) is 9.38. The lowest BCUT2D eigenvalue weighted by atomic mass is 10.0. The van der Waals surface area contributed by atoms with Gasteiger partial charge in [0.2, 0.25) is 6.79 Å². The van der Waals surface area contributed by atoms with Crippen LogP contribution in [0.2, 0.25) is 0 Å². The maximum atomic E-state index is 12.2. The summed E-state index contributed by atoms with van der Waals surface area (Å²) in [5.41, 5.74) is 0. The highest BCUT2D eigenvalue weighted by Crippen LogP contribution is 2.09. The molecule has 148 valence electrons. The Bertz CT molecular complexity index is 339. The highest BCUT2D eigenvalue weighted by molar-refractivity contribution is 5.77. The SMILES string of the molecule is CC(C)CC(NC(C)C)C(=O)OCOC(=O)C(CC(C)C)NC(C)C. The summed E-state index contributed by atoms with van der Waals surface area (Å²) < 4.78 is 10.3. The zero-order valence-electron chi connectivity index (χ0n) is 17.2. The van der Waals surface area contributed by atoms with Crippen LogP contribution >= 0.6 is 0 Å². The van der Waals surface area contributed by atoms with E-state index in [0.29, 0.717) is 24.7 Å². The number of nitrogens with one attached hydrogen (secondary N) is 2. The van der Waals surface area contributed by atoms with Crippen molar-refractivity contribution in [3.05, 3.63) is 0 Å². The monoisotopic (exact) mass is 358 g/mol. The van der Waals surface area contributed by atoms with Gasteiger partial charge < -0.3 is 20.1 Å². The van der Waals surface area contributed by atoms with Crippen LogP contribution in [-0.4, -0.2) is 42.9 Å². The quantitative estimate of drug-likeness (QED) is 0.413. The van der Waals surface area contributed by atoms with Gasteiger partial charge >= 0.3 is 11.9 Å². The molecule has 0 fully saturated rings. The Morgan fingerprint density at radius 2 is 1.00 bits per heavy atom. The van der Waals surface area contributed by atoms with Gasteiger partial charge in [-0.2, -0.15) is 0 Å². The van der Waals surface area contributed by atoms with Gasteiger partial charge in [-0.05, 0) is 24.7 Å². The number of hydrogen-bond donors (Lipinski definition) is 2. The Labute approximate surface area is 153 Å². The molecule has 0 heterocycles. The van der Waals surface area contributed by atoms with E-state index in [2.05, 4.69) is 38.3 Å². The zero-order chi connectivity index (χ0) is 19.6. The second-order valence-corrected chi connectivity index (χ2v) is 8.05. The smallest absolute Gasteiger partial charge is 0.326 e. The molecule has 0 aromatic carbocycles. The van der Waals surface area contributed by atoms with Crippen molar-refractivity contribution < 1.29 is 19.1 Å². The van der Waals surface area contributed by atoms with Crippen LogP contribution in [0.5, 0.6) is 0 Å². The molecule has 0 saturated heterocycles. The van der Waals surface area contributed by atoms with Crippen molar-refractivity contribution in [3.63, 3.8) is 0 Å². The van der Waals surface area contributed by atoms with Gasteiger partial charge in [-0.1, -0.05) is 55.4 Å². The molecular weight excluding hydrogens is 320 g/mol. The maximum Gasteiger partial charge on any atom is 0.326 e. The molecule has 2 atom stereocenters. The Balaban J connectivity index is 4.51. The largest absolute Gasteiger partial charge is 0.427 e. The third-order valence-electron chi connectivity index (χ3n) is 3.45. The molecular formula is C19H38N2O4. The highest BCUT2D eigenvalue weighted by atomic mass is 16.7. The number of carbonyl (C=O) groups is 2. The van der Waals surface area contributed by atoms with Gasteiger partial charge in [-0.25, -0.2) is 0 Å². The molecule has 6 nitrogen and oxygen atoms in total. The fraction of sp³-hybridized carbons (Fsp3) is 0.895. The van der Waals surface area contributed by atoms with Gasteiger partial charge in [0.15, 0.2) is 0 Å². The predicted molar refractivity (Wildman–Crippen MR) is 100 cm³/mol. The minimum absolute atomic E-state index is 0.171. The summed E-state index contributed by atoms with van der Waals surface area (Å²) in [6.07, 6.45) is 1.35. The van der Waals surface area contributed by atoms with E-state index < -0.39 is 0 Å². The number of carbonyl (C=O) groups excluding carboxylic acids is 2. The molecule has 2 N–H and O–H groups in total. The summed E-state index contributed by atoms with van der Waals surface area (Å²) in [6.45, 7) is 15.8. The molecule has 0 aliphatic rings. The van der Waals surface area contributed by atoms with Crippen LogP contribution in [0.3, 0.4) is 0 Å². The molecule has 0 rings (SSSR count). The van der Waals surface area contributed by atoms with E-state index in [-0.39, 0.29) is 42.9 Å². The van der Waals surface area contributed by atoms with Crippen molar-refractivity contribution in [3.8, 4) is 0 Å². The molecule has 0 aromatic heterocycles. The number of rotatable bonds is 12. The van der Waals surface area contributed by atoms with Crippen LogP contribution in [0, 0.1) is 11.8 Å². The number of ether oxygens (including phenoxy) is 2. The Morgan fingerprint density at radius 3 is 1.24 bits per heavy atom. The summed E-state index contributed by atoms with van der Waals surface area (Å²) >= 11 is 0. The third kappa shape index (κ3) is 11.9. The van der Waals surface area contributed by atoms with Gasteiger partial charge in [0, 0.05) is 12.1 Å². The summed E-state index contributed by atoms with van der Waals surface area (Å²) in [4.78, 5) is 24.5. The molecule has 6 heteroatoms. The van der Waals surface area contributed by atoms with Crippen LogP contribution < -0.4 is 10.6 Å². The second kappa shape index (κ2) is 12.3. The first-order valence-corrected chi connectivity index (χ1v) is 9.38. The normalized spacial score (nSPS) is 14.2. The Kier molecular flexibility index (Phi) is 11.7. The maximum absolute atomic E-state index is 12.2. The zero-order valence-corrected chi connectivity index (χ0v) is 17.2. The first-order chi connectivity index (χ1) is 11.5. The van der Waals surface area contributed by atoms with Gasteiger partial charge in [-0.3, -0.25) is 9.59 Å². The lowest BCUT2D eigenvalue weighted by Gasteiger charge is -2.23. The molecule has 0 aliphatic carbocycles. The third-order valence-corrected chi connectivity index (χ3v) is 3.45. The van der Waals surface area contributed by atoms with E-state index in [1.54, 1.807) is 0 Å². The molecule has 0 amide bonds. The van der Waals surface area contributed by atoms with Gasteiger partial charge in [0.1, 0.15) is 12.1 Å². The summed E-state index contributed by atoms with van der Waals surface area (Å²) in [6, 6.07) is -0.438. The van der Waals surface area contributed by atoms with E-state index in [4.69, 9.17) is 9.47 Å². The van der Waals surface area contributed by atoms with Crippen molar-refractivity contribution >= 4 is 11.9 Å². The summed E-state index contributed by atoms with van der Waals surface area (Å²) in [5, 5.41) is 6.39. The summed E-state index contributed by atoms with van der Waals surface area (Å²) in [5.74, 6) is -0.0473. The summed E-state index contributed by atoms with van der Waals surface area (Å²) in [7, 11) is 0. The standard InChI is InChI=1S/C19H38N2O4/c1-12(2)9-16(20-14(5)6)18(22)24-11-25-19(23)17(10-13(3)4)21-15(7)8/h12-17,20-21H,9-11H2,1-8H3. The lowest BCUT2D eigenvalue weighted by molar-refractivity contribution is -0.170. The van der Waals surface area contributed by atoms with Crippen molar-refractivity contribution in [1.29, 1.82) is 0 Å². The van der Waals surface area contributed by atoms with Gasteiger partial charge in [-0.15, -0.1) is 0 Å². The number of esters is 2. The molecule has 25 heavy (non-hydrogen) atoms.